The fourth-order valence-corrected chi connectivity index (χ4v) is 2.51. The molecule has 0 amide bonds. The fraction of sp³-hybridized carbons (Fsp3) is 0.200. The summed E-state index contributed by atoms with van der Waals surface area (Å²) >= 11 is 0. The Balaban J connectivity index is 1.80. The number of nitrogens with two attached hydrogens (primary N) is 1. The number of anilines is 1. The summed E-state index contributed by atoms with van der Waals surface area (Å²) in [6.07, 6.45) is 4.64. The first-order valence-corrected chi connectivity index (χ1v) is 8.78. The summed E-state index contributed by atoms with van der Waals surface area (Å²) in [4.78, 5) is 19.8. The molecular weight excluding hydrogens is 358 g/mol. The molecule has 2 N–H and O–H groups in total. The van der Waals surface area contributed by atoms with E-state index in [1.807, 2.05) is 37.3 Å². The zero-order valence-electron chi connectivity index (χ0n) is 15.7. The molecule has 144 valence electrons. The van der Waals surface area contributed by atoms with Crippen LogP contribution in [0.3, 0.4) is 0 Å². The van der Waals surface area contributed by atoms with Gasteiger partial charge in [0.1, 0.15) is 6.61 Å². The normalized spacial score (nSPS) is 10.9. The molecular formula is C20H21N5O3. The molecule has 8 heteroatoms. The second-order valence-corrected chi connectivity index (χ2v) is 5.88. The van der Waals surface area contributed by atoms with Crippen molar-refractivity contribution in [3.05, 3.63) is 65.5 Å². The highest BCUT2D eigenvalue weighted by Crippen LogP contribution is 2.19. The van der Waals surface area contributed by atoms with Crippen molar-refractivity contribution >= 4 is 18.0 Å². The number of esters is 1. The lowest BCUT2D eigenvalue weighted by atomic mass is 10.2. The lowest BCUT2D eigenvalue weighted by Crippen LogP contribution is -2.07. The first-order chi connectivity index (χ1) is 13.6. The lowest BCUT2D eigenvalue weighted by Gasteiger charge is -2.09. The number of hydrogen-bond donors (Lipinski definition) is 1. The average Bonchev–Trinajstić information content (AvgIpc) is 3.06. The van der Waals surface area contributed by atoms with Crippen LogP contribution in [0.2, 0.25) is 0 Å². The summed E-state index contributed by atoms with van der Waals surface area (Å²) in [5.41, 5.74) is 8.40. The maximum Gasteiger partial charge on any atom is 0.330 e. The van der Waals surface area contributed by atoms with Gasteiger partial charge in [0.2, 0.25) is 11.8 Å². The second-order valence-electron chi connectivity index (χ2n) is 5.88. The second kappa shape index (κ2) is 8.81. The van der Waals surface area contributed by atoms with Gasteiger partial charge in [0.25, 0.3) is 0 Å². The number of carbonyl (C=O) groups is 1. The van der Waals surface area contributed by atoms with Crippen LogP contribution < -0.4 is 10.5 Å². The summed E-state index contributed by atoms with van der Waals surface area (Å²) in [6, 6.07) is 11.4. The van der Waals surface area contributed by atoms with Crippen LogP contribution in [0.5, 0.6) is 5.88 Å². The number of aromatic nitrogens is 4. The van der Waals surface area contributed by atoms with Crippen molar-refractivity contribution in [1.82, 2.24) is 19.7 Å². The molecule has 0 bridgehead atoms. The first kappa shape index (κ1) is 19.1. The SMILES string of the molecule is CCOC(=O)C=Cc1cnn(-c2cc(OCc3ccccc3)nc(N)n2)c1C. The van der Waals surface area contributed by atoms with E-state index < -0.39 is 5.97 Å². The van der Waals surface area contributed by atoms with Crippen LogP contribution in [0.15, 0.2) is 48.7 Å². The van der Waals surface area contributed by atoms with Crippen molar-refractivity contribution in [2.45, 2.75) is 20.5 Å². The van der Waals surface area contributed by atoms with E-state index in [-0.39, 0.29) is 5.95 Å². The van der Waals surface area contributed by atoms with E-state index in [1.54, 1.807) is 29.9 Å². The molecule has 0 radical (unpaired) electrons. The van der Waals surface area contributed by atoms with Gasteiger partial charge in [-0.05, 0) is 25.5 Å². The third kappa shape index (κ3) is 4.73. The van der Waals surface area contributed by atoms with Crippen LogP contribution >= 0.6 is 0 Å². The number of nitrogens with zero attached hydrogens (tertiary/aromatic N) is 4. The van der Waals surface area contributed by atoms with Crippen molar-refractivity contribution in [3.63, 3.8) is 0 Å². The molecule has 2 aromatic heterocycles. The Bertz CT molecular complexity index is 983. The zero-order valence-corrected chi connectivity index (χ0v) is 15.7. The first-order valence-electron chi connectivity index (χ1n) is 8.78. The number of hydrogen-bond acceptors (Lipinski definition) is 7. The smallest absolute Gasteiger partial charge is 0.330 e. The molecule has 0 aliphatic rings. The number of benzene rings is 1. The van der Waals surface area contributed by atoms with Gasteiger partial charge < -0.3 is 15.2 Å². The molecule has 1 aromatic carbocycles. The van der Waals surface area contributed by atoms with Gasteiger partial charge in [-0.2, -0.15) is 15.1 Å². The fourth-order valence-electron chi connectivity index (χ4n) is 2.51. The lowest BCUT2D eigenvalue weighted by molar-refractivity contribution is -0.137. The maximum atomic E-state index is 11.5. The average molecular weight is 379 g/mol. The Hall–Kier alpha value is -3.68. The van der Waals surface area contributed by atoms with Crippen LogP contribution in [-0.2, 0) is 16.1 Å². The van der Waals surface area contributed by atoms with Gasteiger partial charge >= 0.3 is 5.97 Å². The maximum absolute atomic E-state index is 11.5. The van der Waals surface area contributed by atoms with Crippen LogP contribution in [0.25, 0.3) is 11.9 Å². The number of ether oxygens (including phenoxy) is 2. The third-order valence-corrected chi connectivity index (χ3v) is 3.89. The molecule has 3 rings (SSSR count). The van der Waals surface area contributed by atoms with E-state index in [0.717, 1.165) is 16.8 Å². The van der Waals surface area contributed by atoms with Crippen molar-refractivity contribution in [3.8, 4) is 11.7 Å². The molecule has 0 saturated heterocycles. The Kier molecular flexibility index (Phi) is 6.01. The van der Waals surface area contributed by atoms with Crippen molar-refractivity contribution in [2.24, 2.45) is 0 Å². The molecule has 0 aliphatic heterocycles. The standard InChI is InChI=1S/C20H21N5O3/c1-3-27-19(26)10-9-16-12-22-25(14(16)2)17-11-18(24-20(21)23-17)28-13-15-7-5-4-6-8-15/h4-12H,3,13H2,1-2H3,(H2,21,23,24). The minimum absolute atomic E-state index is 0.0825. The summed E-state index contributed by atoms with van der Waals surface area (Å²) in [7, 11) is 0. The van der Waals surface area contributed by atoms with E-state index in [9.17, 15) is 4.79 Å². The van der Waals surface area contributed by atoms with Crippen LogP contribution in [0.4, 0.5) is 5.95 Å². The number of rotatable bonds is 7. The predicted octanol–water partition coefficient (Wildman–Crippen LogP) is 2.71. The summed E-state index contributed by atoms with van der Waals surface area (Å²) < 4.78 is 12.2. The largest absolute Gasteiger partial charge is 0.473 e. The molecule has 3 aromatic rings. The van der Waals surface area contributed by atoms with Crippen molar-refractivity contribution < 1.29 is 14.3 Å². The van der Waals surface area contributed by atoms with E-state index in [1.165, 1.54) is 6.08 Å². The Morgan fingerprint density at radius 1 is 1.25 bits per heavy atom. The van der Waals surface area contributed by atoms with Gasteiger partial charge in [-0.3, -0.25) is 0 Å². The van der Waals surface area contributed by atoms with Gasteiger partial charge in [-0.1, -0.05) is 30.3 Å². The van der Waals surface area contributed by atoms with Crippen LogP contribution in [0, 0.1) is 6.92 Å². The Labute approximate surface area is 162 Å². The van der Waals surface area contributed by atoms with Crippen LogP contribution in [-0.4, -0.2) is 32.3 Å². The van der Waals surface area contributed by atoms with E-state index >= 15 is 0 Å². The minimum Gasteiger partial charge on any atom is -0.473 e. The topological polar surface area (TPSA) is 105 Å². The van der Waals surface area contributed by atoms with Gasteiger partial charge in [0.15, 0.2) is 5.82 Å². The van der Waals surface area contributed by atoms with E-state index in [0.29, 0.717) is 24.9 Å². The molecule has 0 fully saturated rings. The highest BCUT2D eigenvalue weighted by molar-refractivity contribution is 5.87. The molecule has 0 atom stereocenters. The Morgan fingerprint density at radius 3 is 2.79 bits per heavy atom. The molecule has 0 saturated carbocycles. The monoisotopic (exact) mass is 379 g/mol. The van der Waals surface area contributed by atoms with E-state index in [4.69, 9.17) is 15.2 Å². The highest BCUT2D eigenvalue weighted by atomic mass is 16.5. The number of carbonyl (C=O) groups excluding carboxylic acids is 1. The van der Waals surface area contributed by atoms with Crippen molar-refractivity contribution in [2.75, 3.05) is 12.3 Å². The van der Waals surface area contributed by atoms with Crippen LogP contribution in [0.1, 0.15) is 23.7 Å². The van der Waals surface area contributed by atoms with Gasteiger partial charge in [0, 0.05) is 17.7 Å². The predicted molar refractivity (Wildman–Crippen MR) is 105 cm³/mol. The van der Waals surface area contributed by atoms with Crippen molar-refractivity contribution in [1.29, 1.82) is 0 Å². The molecule has 8 nitrogen and oxygen atoms in total. The Morgan fingerprint density at radius 2 is 2.04 bits per heavy atom. The van der Waals surface area contributed by atoms with Gasteiger partial charge in [-0.15, -0.1) is 0 Å². The highest BCUT2D eigenvalue weighted by Gasteiger charge is 2.11. The third-order valence-electron chi connectivity index (χ3n) is 3.89. The quantitative estimate of drug-likeness (QED) is 0.497. The molecule has 0 unspecified atom stereocenters. The number of nitrogen functional groups attached to an aromatic ring is 1. The molecule has 0 aliphatic carbocycles. The van der Waals surface area contributed by atoms with Gasteiger partial charge in [0.05, 0.1) is 18.5 Å². The minimum atomic E-state index is -0.405. The molecule has 28 heavy (non-hydrogen) atoms. The van der Waals surface area contributed by atoms with Gasteiger partial charge in [-0.25, -0.2) is 9.48 Å². The van der Waals surface area contributed by atoms with E-state index in [2.05, 4.69) is 15.1 Å². The summed E-state index contributed by atoms with van der Waals surface area (Å²) in [5, 5.41) is 4.32. The summed E-state index contributed by atoms with van der Waals surface area (Å²) in [6.45, 7) is 4.31. The zero-order chi connectivity index (χ0) is 19.9. The molecule has 2 heterocycles. The summed E-state index contributed by atoms with van der Waals surface area (Å²) in [5.74, 6) is 0.505. The molecule has 0 spiro atoms.